The van der Waals surface area contributed by atoms with E-state index in [1.165, 1.54) is 0 Å². The standard InChI is InChI=1S/C13H9F3N2O/c14-8-5-10(16)9(15)4-7(8)12-17-11-3-1-2-6(11)13(19)18-12/h4-5H,1-3H2,(H,17,18,19). The Balaban J connectivity index is 2.21. The van der Waals surface area contributed by atoms with Crippen LogP contribution in [0.5, 0.6) is 0 Å². The Kier molecular flexibility index (Phi) is 2.66. The van der Waals surface area contributed by atoms with E-state index in [1.54, 1.807) is 0 Å². The molecule has 19 heavy (non-hydrogen) atoms. The topological polar surface area (TPSA) is 45.8 Å². The van der Waals surface area contributed by atoms with E-state index in [9.17, 15) is 18.0 Å². The molecular weight excluding hydrogens is 257 g/mol. The van der Waals surface area contributed by atoms with Crippen LogP contribution in [-0.4, -0.2) is 9.97 Å². The number of aromatic amines is 1. The van der Waals surface area contributed by atoms with Gasteiger partial charge in [0.25, 0.3) is 5.56 Å². The van der Waals surface area contributed by atoms with Gasteiger partial charge in [0.15, 0.2) is 11.6 Å². The van der Waals surface area contributed by atoms with E-state index in [0.717, 1.165) is 6.42 Å². The van der Waals surface area contributed by atoms with Crippen LogP contribution in [0.1, 0.15) is 17.7 Å². The predicted molar refractivity (Wildman–Crippen MR) is 62.2 cm³/mol. The van der Waals surface area contributed by atoms with E-state index in [-0.39, 0.29) is 16.9 Å². The quantitative estimate of drug-likeness (QED) is 0.805. The molecule has 6 heteroatoms. The van der Waals surface area contributed by atoms with Gasteiger partial charge in [0.05, 0.1) is 11.3 Å². The number of hydrogen-bond donors (Lipinski definition) is 1. The Bertz CT molecular complexity index is 725. The van der Waals surface area contributed by atoms with Crippen molar-refractivity contribution in [3.05, 3.63) is 51.2 Å². The molecule has 0 aliphatic heterocycles. The second-order valence-corrected chi connectivity index (χ2v) is 4.44. The Morgan fingerprint density at radius 1 is 1.05 bits per heavy atom. The van der Waals surface area contributed by atoms with Crippen LogP contribution in [-0.2, 0) is 12.8 Å². The van der Waals surface area contributed by atoms with Crippen molar-refractivity contribution in [1.29, 1.82) is 0 Å². The zero-order valence-electron chi connectivity index (χ0n) is 9.77. The number of rotatable bonds is 1. The lowest BCUT2D eigenvalue weighted by Crippen LogP contribution is -2.15. The van der Waals surface area contributed by atoms with Crippen molar-refractivity contribution in [2.24, 2.45) is 0 Å². The number of nitrogens with zero attached hydrogens (tertiary/aromatic N) is 1. The summed E-state index contributed by atoms with van der Waals surface area (Å²) in [5.41, 5.74) is 0.599. The fraction of sp³-hybridized carbons (Fsp3) is 0.231. The Labute approximate surface area is 106 Å². The molecule has 0 atom stereocenters. The Hall–Kier alpha value is -2.11. The molecule has 2 aromatic rings. The zero-order valence-corrected chi connectivity index (χ0v) is 9.77. The monoisotopic (exact) mass is 266 g/mol. The number of H-pyrrole nitrogens is 1. The molecule has 1 heterocycles. The van der Waals surface area contributed by atoms with Crippen molar-refractivity contribution in [2.45, 2.75) is 19.3 Å². The van der Waals surface area contributed by atoms with Crippen LogP contribution in [0.25, 0.3) is 11.4 Å². The summed E-state index contributed by atoms with van der Waals surface area (Å²) in [7, 11) is 0. The molecule has 0 fully saturated rings. The smallest absolute Gasteiger partial charge is 0.254 e. The lowest BCUT2D eigenvalue weighted by molar-refractivity contribution is 0.496. The van der Waals surface area contributed by atoms with E-state index in [2.05, 4.69) is 9.97 Å². The first kappa shape index (κ1) is 12.0. The number of fused-ring (bicyclic) bond motifs is 1. The zero-order chi connectivity index (χ0) is 13.6. The molecular formula is C13H9F3N2O. The highest BCUT2D eigenvalue weighted by atomic mass is 19.2. The molecule has 98 valence electrons. The average molecular weight is 266 g/mol. The van der Waals surface area contributed by atoms with Crippen LogP contribution in [0.2, 0.25) is 0 Å². The number of benzene rings is 1. The third kappa shape index (κ3) is 1.93. The van der Waals surface area contributed by atoms with Crippen molar-refractivity contribution in [3.8, 4) is 11.4 Å². The first-order valence-corrected chi connectivity index (χ1v) is 5.83. The second kappa shape index (κ2) is 4.22. The molecule has 0 spiro atoms. The molecule has 1 N–H and O–H groups in total. The van der Waals surface area contributed by atoms with Gasteiger partial charge in [0.1, 0.15) is 11.6 Å². The van der Waals surface area contributed by atoms with Gasteiger partial charge in [-0.2, -0.15) is 0 Å². The Morgan fingerprint density at radius 3 is 2.58 bits per heavy atom. The maximum absolute atomic E-state index is 13.6. The lowest BCUT2D eigenvalue weighted by Gasteiger charge is -2.06. The molecule has 0 saturated carbocycles. The Morgan fingerprint density at radius 2 is 1.79 bits per heavy atom. The van der Waals surface area contributed by atoms with Gasteiger partial charge in [-0.1, -0.05) is 0 Å². The van der Waals surface area contributed by atoms with Gasteiger partial charge in [0, 0.05) is 11.6 Å². The van der Waals surface area contributed by atoms with Crippen molar-refractivity contribution in [1.82, 2.24) is 9.97 Å². The third-order valence-electron chi connectivity index (χ3n) is 3.21. The molecule has 1 aromatic carbocycles. The summed E-state index contributed by atoms with van der Waals surface area (Å²) in [6.07, 6.45) is 2.09. The van der Waals surface area contributed by atoms with E-state index < -0.39 is 17.5 Å². The van der Waals surface area contributed by atoms with E-state index in [4.69, 9.17) is 0 Å². The fourth-order valence-electron chi connectivity index (χ4n) is 2.27. The van der Waals surface area contributed by atoms with E-state index >= 15 is 0 Å². The highest BCUT2D eigenvalue weighted by molar-refractivity contribution is 5.56. The maximum atomic E-state index is 13.6. The molecule has 3 rings (SSSR count). The highest BCUT2D eigenvalue weighted by Gasteiger charge is 2.20. The van der Waals surface area contributed by atoms with E-state index in [1.807, 2.05) is 0 Å². The van der Waals surface area contributed by atoms with Crippen molar-refractivity contribution >= 4 is 0 Å². The van der Waals surface area contributed by atoms with Crippen LogP contribution in [0, 0.1) is 17.5 Å². The molecule has 0 unspecified atom stereocenters. The maximum Gasteiger partial charge on any atom is 0.254 e. The average Bonchev–Trinajstić information content (AvgIpc) is 2.82. The largest absolute Gasteiger partial charge is 0.306 e. The normalized spacial score (nSPS) is 13.6. The van der Waals surface area contributed by atoms with Crippen LogP contribution >= 0.6 is 0 Å². The molecule has 1 aromatic heterocycles. The van der Waals surface area contributed by atoms with Crippen LogP contribution in [0.3, 0.4) is 0 Å². The van der Waals surface area contributed by atoms with Gasteiger partial charge >= 0.3 is 0 Å². The molecule has 3 nitrogen and oxygen atoms in total. The van der Waals surface area contributed by atoms with Crippen LogP contribution < -0.4 is 5.56 Å². The number of hydrogen-bond acceptors (Lipinski definition) is 2. The second-order valence-electron chi connectivity index (χ2n) is 4.44. The number of halogens is 3. The molecule has 1 aliphatic carbocycles. The summed E-state index contributed by atoms with van der Waals surface area (Å²) in [5.74, 6) is -3.48. The molecule has 0 radical (unpaired) electrons. The first-order chi connectivity index (χ1) is 9.06. The lowest BCUT2D eigenvalue weighted by atomic mass is 10.1. The van der Waals surface area contributed by atoms with Crippen LogP contribution in [0.4, 0.5) is 13.2 Å². The number of nitrogens with one attached hydrogen (secondary N) is 1. The molecule has 0 bridgehead atoms. The fourth-order valence-corrected chi connectivity index (χ4v) is 2.27. The SMILES string of the molecule is O=c1[nH]c(-c2cc(F)c(F)cc2F)nc2c1CCC2. The molecule has 0 saturated heterocycles. The predicted octanol–water partition coefficient (Wildman–Crippen LogP) is 2.34. The summed E-state index contributed by atoms with van der Waals surface area (Å²) in [5, 5.41) is 0. The van der Waals surface area contributed by atoms with Gasteiger partial charge in [-0.25, -0.2) is 18.2 Å². The first-order valence-electron chi connectivity index (χ1n) is 5.83. The highest BCUT2D eigenvalue weighted by Crippen LogP contribution is 2.24. The third-order valence-corrected chi connectivity index (χ3v) is 3.21. The summed E-state index contributed by atoms with van der Waals surface area (Å²) in [6.45, 7) is 0. The summed E-state index contributed by atoms with van der Waals surface area (Å²) < 4.78 is 39.7. The van der Waals surface area contributed by atoms with Crippen molar-refractivity contribution < 1.29 is 13.2 Å². The number of aryl methyl sites for hydroxylation is 1. The van der Waals surface area contributed by atoms with Crippen LogP contribution in [0.15, 0.2) is 16.9 Å². The summed E-state index contributed by atoms with van der Waals surface area (Å²) >= 11 is 0. The van der Waals surface area contributed by atoms with Crippen molar-refractivity contribution in [3.63, 3.8) is 0 Å². The van der Waals surface area contributed by atoms with Gasteiger partial charge in [-0.15, -0.1) is 0 Å². The molecule has 0 amide bonds. The van der Waals surface area contributed by atoms with Gasteiger partial charge in [0.2, 0.25) is 0 Å². The van der Waals surface area contributed by atoms with Gasteiger partial charge < -0.3 is 4.98 Å². The minimum absolute atomic E-state index is 0.0675. The minimum Gasteiger partial charge on any atom is -0.306 e. The minimum atomic E-state index is -1.27. The van der Waals surface area contributed by atoms with Gasteiger partial charge in [-0.05, 0) is 25.3 Å². The summed E-state index contributed by atoms with van der Waals surface area (Å²) in [6, 6.07) is 1.14. The van der Waals surface area contributed by atoms with Crippen molar-refractivity contribution in [2.75, 3.05) is 0 Å². The summed E-state index contributed by atoms with van der Waals surface area (Å²) in [4.78, 5) is 18.3. The van der Waals surface area contributed by atoms with Gasteiger partial charge in [-0.3, -0.25) is 4.79 Å². The molecule has 1 aliphatic rings. The van der Waals surface area contributed by atoms with E-state index in [0.29, 0.717) is 36.2 Å². The number of aromatic nitrogens is 2.